The highest BCUT2D eigenvalue weighted by atomic mass is 16.5. The molecule has 6 atom stereocenters. The molecule has 3 heteroatoms. The first-order valence-corrected chi connectivity index (χ1v) is 8.32. The summed E-state index contributed by atoms with van der Waals surface area (Å²) < 4.78 is 5.46. The molecule has 2 aliphatic rings. The van der Waals surface area contributed by atoms with Gasteiger partial charge in [0, 0.05) is 6.92 Å². The molecule has 0 heterocycles. The first-order chi connectivity index (χ1) is 9.47. The Balaban J connectivity index is 1.84. The van der Waals surface area contributed by atoms with Crippen LogP contribution < -0.4 is 0 Å². The van der Waals surface area contributed by atoms with Crippen molar-refractivity contribution in [3.63, 3.8) is 0 Å². The zero-order valence-electron chi connectivity index (χ0n) is 13.2. The second-order valence-corrected chi connectivity index (χ2v) is 7.17. The van der Waals surface area contributed by atoms with Gasteiger partial charge in [-0.1, -0.05) is 13.8 Å². The van der Waals surface area contributed by atoms with Crippen molar-refractivity contribution in [1.82, 2.24) is 0 Å². The van der Waals surface area contributed by atoms with Crippen LogP contribution >= 0.6 is 0 Å². The maximum atomic E-state index is 11.2. The number of hydrogen-bond donors (Lipinski definition) is 1. The summed E-state index contributed by atoms with van der Waals surface area (Å²) in [5.41, 5.74) is 0. The van der Waals surface area contributed by atoms with Crippen LogP contribution in [0.5, 0.6) is 0 Å². The summed E-state index contributed by atoms with van der Waals surface area (Å²) in [5, 5.41) is 10.1. The van der Waals surface area contributed by atoms with E-state index in [0.29, 0.717) is 23.7 Å². The molecule has 0 spiro atoms. The topological polar surface area (TPSA) is 46.5 Å². The standard InChI is InChI=1S/C17H30O3/c1-11-7-8-14(10-16(11)19)12(2)9-15-5-4-6-17(15)20-13(3)18/h11-12,14-17,19H,4-10H2,1-3H3/t11-,12?,14-,15?,16-,17?/m1/s1. The van der Waals surface area contributed by atoms with Gasteiger partial charge in [-0.2, -0.15) is 0 Å². The Morgan fingerprint density at radius 2 is 2.05 bits per heavy atom. The Morgan fingerprint density at radius 1 is 1.30 bits per heavy atom. The van der Waals surface area contributed by atoms with Crippen molar-refractivity contribution in [3.05, 3.63) is 0 Å². The normalized spacial score (nSPS) is 39.5. The number of esters is 1. The van der Waals surface area contributed by atoms with Crippen molar-refractivity contribution in [2.75, 3.05) is 0 Å². The molecule has 0 radical (unpaired) electrons. The quantitative estimate of drug-likeness (QED) is 0.802. The molecule has 3 unspecified atom stereocenters. The smallest absolute Gasteiger partial charge is 0.302 e. The Bertz CT molecular complexity index is 328. The van der Waals surface area contributed by atoms with E-state index in [1.165, 1.54) is 26.2 Å². The molecule has 20 heavy (non-hydrogen) atoms. The van der Waals surface area contributed by atoms with Gasteiger partial charge in [-0.05, 0) is 68.6 Å². The lowest BCUT2D eigenvalue weighted by atomic mass is 9.73. The van der Waals surface area contributed by atoms with E-state index in [0.717, 1.165) is 25.7 Å². The minimum absolute atomic E-state index is 0.121. The van der Waals surface area contributed by atoms with Gasteiger partial charge in [0.25, 0.3) is 0 Å². The lowest BCUT2D eigenvalue weighted by Gasteiger charge is -2.36. The number of hydrogen-bond acceptors (Lipinski definition) is 3. The second-order valence-electron chi connectivity index (χ2n) is 7.17. The number of aliphatic hydroxyl groups is 1. The lowest BCUT2D eigenvalue weighted by molar-refractivity contribution is -0.148. The largest absolute Gasteiger partial charge is 0.462 e. The van der Waals surface area contributed by atoms with Gasteiger partial charge in [0.2, 0.25) is 0 Å². The molecule has 0 aromatic heterocycles. The van der Waals surface area contributed by atoms with E-state index in [9.17, 15) is 9.90 Å². The van der Waals surface area contributed by atoms with Gasteiger partial charge >= 0.3 is 5.97 Å². The third-order valence-electron chi connectivity index (χ3n) is 5.58. The maximum Gasteiger partial charge on any atom is 0.302 e. The Morgan fingerprint density at radius 3 is 2.70 bits per heavy atom. The highest BCUT2D eigenvalue weighted by molar-refractivity contribution is 5.66. The van der Waals surface area contributed by atoms with Gasteiger partial charge in [0.05, 0.1) is 6.10 Å². The van der Waals surface area contributed by atoms with Crippen molar-refractivity contribution < 1.29 is 14.6 Å². The van der Waals surface area contributed by atoms with Crippen LogP contribution in [0.4, 0.5) is 0 Å². The molecule has 2 rings (SSSR count). The van der Waals surface area contributed by atoms with Crippen LogP contribution in [0.15, 0.2) is 0 Å². The monoisotopic (exact) mass is 282 g/mol. The van der Waals surface area contributed by atoms with Crippen LogP contribution in [0.1, 0.15) is 65.7 Å². The van der Waals surface area contributed by atoms with E-state index in [1.807, 2.05) is 0 Å². The van der Waals surface area contributed by atoms with E-state index in [4.69, 9.17) is 4.74 Å². The van der Waals surface area contributed by atoms with Gasteiger partial charge in [-0.3, -0.25) is 4.79 Å². The van der Waals surface area contributed by atoms with Crippen LogP contribution in [0.3, 0.4) is 0 Å². The molecule has 0 saturated heterocycles. The lowest BCUT2D eigenvalue weighted by Crippen LogP contribution is -2.32. The maximum absolute atomic E-state index is 11.2. The molecule has 0 aliphatic heterocycles. The van der Waals surface area contributed by atoms with Gasteiger partial charge in [0.1, 0.15) is 6.10 Å². The average molecular weight is 282 g/mol. The number of carbonyl (C=O) groups excluding carboxylic acids is 1. The molecule has 0 amide bonds. The van der Waals surface area contributed by atoms with Crippen LogP contribution in [-0.2, 0) is 9.53 Å². The molecular weight excluding hydrogens is 252 g/mol. The zero-order valence-corrected chi connectivity index (χ0v) is 13.2. The van der Waals surface area contributed by atoms with E-state index in [1.54, 1.807) is 0 Å². The molecule has 1 N–H and O–H groups in total. The van der Waals surface area contributed by atoms with Gasteiger partial charge in [-0.15, -0.1) is 0 Å². The van der Waals surface area contributed by atoms with Crippen LogP contribution in [-0.4, -0.2) is 23.3 Å². The molecule has 3 nitrogen and oxygen atoms in total. The highest BCUT2D eigenvalue weighted by Gasteiger charge is 2.35. The summed E-state index contributed by atoms with van der Waals surface area (Å²) in [6, 6.07) is 0. The second kappa shape index (κ2) is 6.93. The molecule has 0 aromatic rings. The molecule has 0 aromatic carbocycles. The molecule has 0 bridgehead atoms. The Kier molecular flexibility index (Phi) is 5.48. The van der Waals surface area contributed by atoms with Gasteiger partial charge in [-0.25, -0.2) is 0 Å². The summed E-state index contributed by atoms with van der Waals surface area (Å²) >= 11 is 0. The van der Waals surface area contributed by atoms with Gasteiger partial charge in [0.15, 0.2) is 0 Å². The predicted octanol–water partition coefficient (Wildman–Crippen LogP) is 3.54. The van der Waals surface area contributed by atoms with Crippen LogP contribution in [0.25, 0.3) is 0 Å². The minimum atomic E-state index is -0.142. The average Bonchev–Trinajstić information content (AvgIpc) is 2.79. The zero-order chi connectivity index (χ0) is 14.7. The highest BCUT2D eigenvalue weighted by Crippen LogP contribution is 2.40. The number of aliphatic hydroxyl groups excluding tert-OH is 1. The fraction of sp³-hybridized carbons (Fsp3) is 0.941. The molecule has 2 fully saturated rings. The van der Waals surface area contributed by atoms with Gasteiger partial charge < -0.3 is 9.84 Å². The number of rotatable bonds is 4. The molecule has 2 saturated carbocycles. The Labute approximate surface area is 123 Å². The Hall–Kier alpha value is -0.570. The molecule has 2 aliphatic carbocycles. The first-order valence-electron chi connectivity index (χ1n) is 8.32. The van der Waals surface area contributed by atoms with E-state index in [-0.39, 0.29) is 18.2 Å². The summed E-state index contributed by atoms with van der Waals surface area (Å²) in [5.74, 6) is 2.11. The number of carbonyl (C=O) groups is 1. The van der Waals surface area contributed by atoms with E-state index >= 15 is 0 Å². The van der Waals surface area contributed by atoms with Crippen LogP contribution in [0.2, 0.25) is 0 Å². The third-order valence-corrected chi connectivity index (χ3v) is 5.58. The third kappa shape index (κ3) is 3.97. The summed E-state index contributed by atoms with van der Waals surface area (Å²) in [6.07, 6.45) is 7.90. The SMILES string of the molecule is CC(=O)OC1CCCC1CC(C)[C@@H]1CC[C@@H](C)[C@H](O)C1. The predicted molar refractivity (Wildman–Crippen MR) is 79.2 cm³/mol. The summed E-state index contributed by atoms with van der Waals surface area (Å²) in [6.45, 7) is 5.98. The first kappa shape index (κ1) is 15.8. The van der Waals surface area contributed by atoms with Crippen LogP contribution in [0, 0.1) is 23.7 Å². The van der Waals surface area contributed by atoms with Crippen molar-refractivity contribution in [1.29, 1.82) is 0 Å². The van der Waals surface area contributed by atoms with Crippen molar-refractivity contribution in [2.24, 2.45) is 23.7 Å². The van der Waals surface area contributed by atoms with Crippen molar-refractivity contribution in [3.8, 4) is 0 Å². The van der Waals surface area contributed by atoms with Crippen molar-refractivity contribution >= 4 is 5.97 Å². The van der Waals surface area contributed by atoms with E-state index in [2.05, 4.69) is 13.8 Å². The van der Waals surface area contributed by atoms with E-state index < -0.39 is 0 Å². The molecule has 116 valence electrons. The number of ether oxygens (including phenoxy) is 1. The summed E-state index contributed by atoms with van der Waals surface area (Å²) in [7, 11) is 0. The fourth-order valence-corrected chi connectivity index (χ4v) is 4.16. The fourth-order valence-electron chi connectivity index (χ4n) is 4.16. The van der Waals surface area contributed by atoms with Crippen molar-refractivity contribution in [2.45, 2.75) is 77.9 Å². The summed E-state index contributed by atoms with van der Waals surface area (Å²) in [4.78, 5) is 11.2. The molecular formula is C17H30O3. The minimum Gasteiger partial charge on any atom is -0.462 e.